The fourth-order valence-corrected chi connectivity index (χ4v) is 3.29. The number of carbonyl (C=O) groups excluding carboxylic acids is 2. The van der Waals surface area contributed by atoms with E-state index in [1.54, 1.807) is 36.4 Å². The van der Waals surface area contributed by atoms with Gasteiger partial charge in [0.05, 0.1) is 6.42 Å². The van der Waals surface area contributed by atoms with Gasteiger partial charge in [-0.1, -0.05) is 54.4 Å². The van der Waals surface area contributed by atoms with Crippen LogP contribution in [0.5, 0.6) is 0 Å². The van der Waals surface area contributed by atoms with Gasteiger partial charge in [0.2, 0.25) is 11.8 Å². The summed E-state index contributed by atoms with van der Waals surface area (Å²) in [6, 6.07) is 10.4. The number of nitrogens with one attached hydrogen (secondary N) is 1. The van der Waals surface area contributed by atoms with Crippen molar-refractivity contribution < 1.29 is 14.0 Å². The summed E-state index contributed by atoms with van der Waals surface area (Å²) in [4.78, 5) is 26.7. The molecule has 2 rings (SSSR count). The Balaban J connectivity index is 2.34. The van der Waals surface area contributed by atoms with Crippen LogP contribution in [0.15, 0.2) is 42.5 Å². The summed E-state index contributed by atoms with van der Waals surface area (Å²) in [5, 5.41) is 3.45. The molecule has 0 aromatic heterocycles. The quantitative estimate of drug-likeness (QED) is 0.742. The molecule has 144 valence electrons. The van der Waals surface area contributed by atoms with Crippen molar-refractivity contribution in [3.8, 4) is 0 Å². The Bertz CT molecular complexity index is 829. The van der Waals surface area contributed by atoms with Gasteiger partial charge in [-0.3, -0.25) is 9.59 Å². The molecular weight excluding hydrogens is 390 g/mol. The van der Waals surface area contributed by atoms with E-state index < -0.39 is 11.9 Å². The predicted octanol–water partition coefficient (Wildman–Crippen LogP) is 4.23. The van der Waals surface area contributed by atoms with E-state index in [0.717, 1.165) is 0 Å². The second-order valence-electron chi connectivity index (χ2n) is 6.06. The molecule has 27 heavy (non-hydrogen) atoms. The van der Waals surface area contributed by atoms with Crippen molar-refractivity contribution in [2.75, 3.05) is 7.05 Å². The molecule has 0 radical (unpaired) electrons. The van der Waals surface area contributed by atoms with Crippen LogP contribution in [-0.4, -0.2) is 29.8 Å². The molecule has 0 saturated carbocycles. The summed E-state index contributed by atoms with van der Waals surface area (Å²) < 4.78 is 14.0. The zero-order valence-corrected chi connectivity index (χ0v) is 16.6. The minimum absolute atomic E-state index is 0.120. The smallest absolute Gasteiger partial charge is 0.242 e. The monoisotopic (exact) mass is 410 g/mol. The summed E-state index contributed by atoms with van der Waals surface area (Å²) in [6.07, 6.45) is 0.263. The Hall–Kier alpha value is -2.11. The molecule has 0 aliphatic heterocycles. The molecule has 2 aromatic carbocycles. The largest absolute Gasteiger partial charge is 0.357 e. The molecule has 4 nitrogen and oxygen atoms in total. The lowest BCUT2D eigenvalue weighted by Gasteiger charge is -2.30. The molecule has 1 N–H and O–H groups in total. The molecule has 0 fully saturated rings. The molecule has 0 aliphatic rings. The van der Waals surface area contributed by atoms with E-state index in [-0.39, 0.29) is 30.3 Å². The number of hydrogen-bond donors (Lipinski definition) is 1. The molecule has 0 bridgehead atoms. The summed E-state index contributed by atoms with van der Waals surface area (Å²) in [5.41, 5.74) is 0.937. The molecule has 0 heterocycles. The topological polar surface area (TPSA) is 49.4 Å². The van der Waals surface area contributed by atoms with Crippen molar-refractivity contribution in [1.82, 2.24) is 10.2 Å². The summed E-state index contributed by atoms with van der Waals surface area (Å²) >= 11 is 12.2. The Morgan fingerprint density at radius 3 is 2.44 bits per heavy atom. The number of nitrogens with zero attached hydrogens (tertiary/aromatic N) is 1. The van der Waals surface area contributed by atoms with Crippen molar-refractivity contribution in [3.05, 3.63) is 69.5 Å². The maximum Gasteiger partial charge on any atom is 0.242 e. The van der Waals surface area contributed by atoms with E-state index in [0.29, 0.717) is 22.0 Å². The highest BCUT2D eigenvalue weighted by molar-refractivity contribution is 6.35. The zero-order valence-electron chi connectivity index (χ0n) is 15.1. The van der Waals surface area contributed by atoms with Gasteiger partial charge in [-0.15, -0.1) is 0 Å². The number of rotatable bonds is 7. The minimum Gasteiger partial charge on any atom is -0.357 e. The normalized spacial score (nSPS) is 11.7. The van der Waals surface area contributed by atoms with E-state index in [1.165, 1.54) is 18.0 Å². The number of benzene rings is 2. The second-order valence-corrected chi connectivity index (χ2v) is 6.91. The maximum absolute atomic E-state index is 14.0. The number of halogens is 3. The van der Waals surface area contributed by atoms with Gasteiger partial charge in [0.1, 0.15) is 11.9 Å². The van der Waals surface area contributed by atoms with Gasteiger partial charge in [-0.2, -0.15) is 0 Å². The Kier molecular flexibility index (Phi) is 7.63. The van der Waals surface area contributed by atoms with E-state index in [4.69, 9.17) is 23.2 Å². The van der Waals surface area contributed by atoms with Crippen molar-refractivity contribution in [2.24, 2.45) is 0 Å². The molecule has 2 aromatic rings. The van der Waals surface area contributed by atoms with Gasteiger partial charge >= 0.3 is 0 Å². The first-order chi connectivity index (χ1) is 12.9. The van der Waals surface area contributed by atoms with Gasteiger partial charge in [-0.05, 0) is 35.7 Å². The lowest BCUT2D eigenvalue weighted by molar-refractivity contribution is -0.140. The zero-order chi connectivity index (χ0) is 20.0. The number of amides is 2. The molecule has 0 saturated heterocycles. The van der Waals surface area contributed by atoms with E-state index in [1.807, 2.05) is 6.92 Å². The fourth-order valence-electron chi connectivity index (χ4n) is 2.83. The van der Waals surface area contributed by atoms with Gasteiger partial charge in [-0.25, -0.2) is 4.39 Å². The number of hydrogen-bond acceptors (Lipinski definition) is 2. The highest BCUT2D eigenvalue weighted by Crippen LogP contribution is 2.24. The molecule has 7 heteroatoms. The van der Waals surface area contributed by atoms with Crippen LogP contribution in [0.1, 0.15) is 24.5 Å². The van der Waals surface area contributed by atoms with E-state index in [9.17, 15) is 14.0 Å². The number of carbonyl (C=O) groups is 2. The molecule has 1 atom stereocenters. The standard InChI is InChI=1S/C20H21Cl2FN2O2/c1-3-18(20(27)24-2)25(12-14-8-9-15(21)11-16(14)22)19(26)10-13-6-4-5-7-17(13)23/h4-9,11,18H,3,10,12H2,1-2H3,(H,24,27). The Morgan fingerprint density at radius 1 is 1.15 bits per heavy atom. The predicted molar refractivity (Wildman–Crippen MR) is 105 cm³/mol. The first kappa shape index (κ1) is 21.2. The van der Waals surface area contributed by atoms with E-state index >= 15 is 0 Å². The van der Waals surface area contributed by atoms with Crippen LogP contribution in [0.2, 0.25) is 10.0 Å². The van der Waals surface area contributed by atoms with Crippen LogP contribution in [0, 0.1) is 5.82 Å². The third kappa shape index (κ3) is 5.44. The van der Waals surface area contributed by atoms with Gasteiger partial charge < -0.3 is 10.2 Å². The van der Waals surface area contributed by atoms with Crippen molar-refractivity contribution in [1.29, 1.82) is 0 Å². The van der Waals surface area contributed by atoms with Crippen molar-refractivity contribution in [2.45, 2.75) is 32.4 Å². The first-order valence-electron chi connectivity index (χ1n) is 8.55. The third-order valence-corrected chi connectivity index (χ3v) is 4.87. The second kappa shape index (κ2) is 9.72. The summed E-state index contributed by atoms with van der Waals surface area (Å²) in [6.45, 7) is 1.93. The third-order valence-electron chi connectivity index (χ3n) is 4.29. The van der Waals surface area contributed by atoms with Crippen molar-refractivity contribution >= 4 is 35.0 Å². The fraction of sp³-hybridized carbons (Fsp3) is 0.300. The number of likely N-dealkylation sites (N-methyl/N-ethyl adjacent to an activating group) is 1. The highest BCUT2D eigenvalue weighted by Gasteiger charge is 2.29. The molecule has 1 unspecified atom stereocenters. The van der Waals surface area contributed by atoms with Crippen LogP contribution in [0.4, 0.5) is 4.39 Å². The minimum atomic E-state index is -0.694. The van der Waals surface area contributed by atoms with Crippen LogP contribution in [0.25, 0.3) is 0 Å². The first-order valence-corrected chi connectivity index (χ1v) is 9.31. The van der Waals surface area contributed by atoms with Crippen LogP contribution >= 0.6 is 23.2 Å². The van der Waals surface area contributed by atoms with E-state index in [2.05, 4.69) is 5.32 Å². The Labute approximate surface area is 168 Å². The van der Waals surface area contributed by atoms with Gasteiger partial charge in [0.15, 0.2) is 0 Å². The van der Waals surface area contributed by atoms with Crippen LogP contribution in [0.3, 0.4) is 0 Å². The van der Waals surface area contributed by atoms with Crippen molar-refractivity contribution in [3.63, 3.8) is 0 Å². The molecule has 0 spiro atoms. The summed E-state index contributed by atoms with van der Waals surface area (Å²) in [7, 11) is 1.51. The molecule has 0 aliphatic carbocycles. The molecule has 2 amide bonds. The maximum atomic E-state index is 14.0. The average molecular weight is 411 g/mol. The van der Waals surface area contributed by atoms with Gasteiger partial charge in [0.25, 0.3) is 0 Å². The SMILES string of the molecule is CCC(C(=O)NC)N(Cc1ccc(Cl)cc1Cl)C(=O)Cc1ccccc1F. The summed E-state index contributed by atoms with van der Waals surface area (Å²) in [5.74, 6) is -1.10. The highest BCUT2D eigenvalue weighted by atomic mass is 35.5. The molecular formula is C20H21Cl2FN2O2. The average Bonchev–Trinajstić information content (AvgIpc) is 2.64. The van der Waals surface area contributed by atoms with Crippen LogP contribution in [-0.2, 0) is 22.6 Å². The van der Waals surface area contributed by atoms with Gasteiger partial charge in [0, 0.05) is 23.6 Å². The Morgan fingerprint density at radius 2 is 1.85 bits per heavy atom. The lowest BCUT2D eigenvalue weighted by atomic mass is 10.1. The lowest BCUT2D eigenvalue weighted by Crippen LogP contribution is -2.48. The van der Waals surface area contributed by atoms with Crippen LogP contribution < -0.4 is 5.32 Å².